The van der Waals surface area contributed by atoms with Crippen LogP contribution in [0.4, 0.5) is 0 Å². The van der Waals surface area contributed by atoms with E-state index < -0.39 is 0 Å². The molecule has 0 atom stereocenters. The molecule has 0 N–H and O–H groups in total. The molecule has 0 aliphatic carbocycles. The second-order valence-electron chi connectivity index (χ2n) is 5.45. The predicted molar refractivity (Wildman–Crippen MR) is 77.9 cm³/mol. The molecule has 2 aliphatic rings. The number of ether oxygens (including phenoxy) is 1. The van der Waals surface area contributed by atoms with E-state index in [1.807, 2.05) is 22.8 Å². The zero-order valence-corrected chi connectivity index (χ0v) is 11.6. The van der Waals surface area contributed by atoms with Gasteiger partial charge < -0.3 is 9.64 Å². The van der Waals surface area contributed by atoms with Crippen molar-refractivity contribution in [3.05, 3.63) is 35.5 Å². The molecule has 4 rings (SSSR count). The minimum atomic E-state index is 0.140. The summed E-state index contributed by atoms with van der Waals surface area (Å²) in [4.78, 5) is 14.9. The lowest BCUT2D eigenvalue weighted by Crippen LogP contribution is -2.22. The number of benzene rings is 1. The minimum Gasteiger partial charge on any atom is -0.497 e. The smallest absolute Gasteiger partial charge is 0.261 e. The molecule has 0 spiro atoms. The van der Waals surface area contributed by atoms with Gasteiger partial charge in [-0.25, -0.2) is 0 Å². The van der Waals surface area contributed by atoms with E-state index in [1.165, 1.54) is 0 Å². The van der Waals surface area contributed by atoms with E-state index in [0.29, 0.717) is 0 Å². The molecule has 102 valence electrons. The lowest BCUT2D eigenvalue weighted by atomic mass is 10.0. The Balaban J connectivity index is 1.99. The summed E-state index contributed by atoms with van der Waals surface area (Å²) >= 11 is 0. The fraction of sp³-hybridized carbons (Fsp3) is 0.312. The molecule has 2 aromatic rings. The Hall–Kier alpha value is -2.23. The van der Waals surface area contributed by atoms with E-state index in [9.17, 15) is 4.79 Å². The first-order valence-corrected chi connectivity index (χ1v) is 6.89. The van der Waals surface area contributed by atoms with Crippen molar-refractivity contribution in [3.63, 3.8) is 0 Å². The monoisotopic (exact) mass is 268 g/mol. The number of carbonyl (C=O) groups excluding carboxylic acids is 1. The Morgan fingerprint density at radius 2 is 2.10 bits per heavy atom. The molecule has 3 heterocycles. The lowest BCUT2D eigenvalue weighted by molar-refractivity contribution is 0.0961. The zero-order chi connectivity index (χ0) is 13.9. The molecule has 2 aliphatic heterocycles. The second-order valence-corrected chi connectivity index (χ2v) is 5.45. The highest BCUT2D eigenvalue weighted by molar-refractivity contribution is 6.13. The van der Waals surface area contributed by atoms with Crippen molar-refractivity contribution in [2.24, 2.45) is 0 Å². The lowest BCUT2D eigenvalue weighted by Gasteiger charge is -2.25. The Morgan fingerprint density at radius 1 is 1.25 bits per heavy atom. The van der Waals surface area contributed by atoms with Crippen LogP contribution in [-0.2, 0) is 0 Å². The number of rotatable bonds is 1. The molecule has 1 aromatic heterocycles. The summed E-state index contributed by atoms with van der Waals surface area (Å²) in [6, 6.07) is 7.95. The number of carbonyl (C=O) groups is 1. The normalized spacial score (nSPS) is 17.7. The van der Waals surface area contributed by atoms with Gasteiger partial charge in [-0.15, -0.1) is 0 Å². The molecular weight excluding hydrogens is 252 g/mol. The maximum Gasteiger partial charge on any atom is 0.261 e. The molecule has 0 bridgehead atoms. The van der Waals surface area contributed by atoms with Gasteiger partial charge in [0, 0.05) is 24.6 Å². The molecule has 0 saturated carbocycles. The van der Waals surface area contributed by atoms with Crippen LogP contribution in [0.1, 0.15) is 23.3 Å². The Labute approximate surface area is 117 Å². The van der Waals surface area contributed by atoms with E-state index in [1.54, 1.807) is 7.11 Å². The average Bonchev–Trinajstić information content (AvgIpc) is 2.95. The van der Waals surface area contributed by atoms with Crippen LogP contribution in [-0.4, -0.2) is 36.1 Å². The molecule has 1 aromatic carbocycles. The number of methoxy groups -OCH3 is 1. The molecular formula is C16H16N2O2. The minimum absolute atomic E-state index is 0.140. The maximum atomic E-state index is 12.7. The van der Waals surface area contributed by atoms with E-state index in [4.69, 9.17) is 4.74 Å². The van der Waals surface area contributed by atoms with Gasteiger partial charge in [0.1, 0.15) is 5.75 Å². The molecule has 0 saturated heterocycles. The van der Waals surface area contributed by atoms with Crippen LogP contribution in [0.2, 0.25) is 0 Å². The van der Waals surface area contributed by atoms with Crippen molar-refractivity contribution in [2.45, 2.75) is 12.8 Å². The van der Waals surface area contributed by atoms with Gasteiger partial charge in [-0.3, -0.25) is 9.36 Å². The predicted octanol–water partition coefficient (Wildman–Crippen LogP) is 2.74. The molecule has 0 unspecified atom stereocenters. The number of nitrogens with zero attached hydrogens (tertiary/aromatic N) is 2. The standard InChI is InChI=1S/C16H16N2O2/c1-17-7-3-4-12-15(17)14-9-10-8-11(20-2)5-6-13(10)18(14)16(12)19/h5-6,8-9H,3-4,7H2,1-2H3. The Morgan fingerprint density at radius 3 is 2.90 bits per heavy atom. The largest absolute Gasteiger partial charge is 0.497 e. The molecule has 0 fully saturated rings. The van der Waals surface area contributed by atoms with Gasteiger partial charge >= 0.3 is 0 Å². The van der Waals surface area contributed by atoms with Crippen LogP contribution in [0.25, 0.3) is 16.6 Å². The summed E-state index contributed by atoms with van der Waals surface area (Å²) in [6.45, 7) is 1.01. The summed E-state index contributed by atoms with van der Waals surface area (Å²) in [5, 5.41) is 1.05. The third kappa shape index (κ3) is 1.33. The molecule has 20 heavy (non-hydrogen) atoms. The third-order valence-corrected chi connectivity index (χ3v) is 4.30. The Kier molecular flexibility index (Phi) is 2.25. The second kappa shape index (κ2) is 3.88. The topological polar surface area (TPSA) is 34.5 Å². The molecule has 4 nitrogen and oxygen atoms in total. The molecule has 0 radical (unpaired) electrons. The van der Waals surface area contributed by atoms with Gasteiger partial charge in [0.15, 0.2) is 0 Å². The van der Waals surface area contributed by atoms with E-state index in [2.05, 4.69) is 18.0 Å². The summed E-state index contributed by atoms with van der Waals surface area (Å²) in [5.74, 6) is 0.960. The number of fused-ring (bicyclic) bond motifs is 4. The van der Waals surface area contributed by atoms with Crippen molar-refractivity contribution in [3.8, 4) is 5.75 Å². The summed E-state index contributed by atoms with van der Waals surface area (Å²) in [7, 11) is 3.72. The van der Waals surface area contributed by atoms with Crippen LogP contribution in [0.5, 0.6) is 5.75 Å². The summed E-state index contributed by atoms with van der Waals surface area (Å²) in [6.07, 6.45) is 1.94. The number of hydrogen-bond acceptors (Lipinski definition) is 3. The Bertz CT molecular complexity index is 770. The first-order valence-electron chi connectivity index (χ1n) is 6.89. The SMILES string of the molecule is COc1ccc2c(c1)cc1n2C(=O)C2=C1N(C)CCC2. The summed E-state index contributed by atoms with van der Waals surface area (Å²) in [5.41, 5.74) is 4.06. The highest BCUT2D eigenvalue weighted by Crippen LogP contribution is 2.40. The molecule has 0 amide bonds. The van der Waals surface area contributed by atoms with Crippen molar-refractivity contribution >= 4 is 22.5 Å². The number of aromatic nitrogens is 1. The van der Waals surface area contributed by atoms with Crippen LogP contribution < -0.4 is 4.74 Å². The van der Waals surface area contributed by atoms with Crippen LogP contribution >= 0.6 is 0 Å². The first-order chi connectivity index (χ1) is 9.70. The maximum absolute atomic E-state index is 12.7. The number of hydrogen-bond donors (Lipinski definition) is 0. The first kappa shape index (κ1) is 11.6. The molecule has 4 heteroatoms. The third-order valence-electron chi connectivity index (χ3n) is 4.30. The van der Waals surface area contributed by atoms with Crippen LogP contribution in [0, 0.1) is 0 Å². The van der Waals surface area contributed by atoms with Crippen molar-refractivity contribution in [2.75, 3.05) is 20.7 Å². The van der Waals surface area contributed by atoms with Crippen molar-refractivity contribution < 1.29 is 9.53 Å². The zero-order valence-electron chi connectivity index (χ0n) is 11.6. The van der Waals surface area contributed by atoms with Crippen LogP contribution in [0.3, 0.4) is 0 Å². The quantitative estimate of drug-likeness (QED) is 0.797. The van der Waals surface area contributed by atoms with Gasteiger partial charge in [0.25, 0.3) is 5.91 Å². The van der Waals surface area contributed by atoms with Gasteiger partial charge in [0.2, 0.25) is 0 Å². The van der Waals surface area contributed by atoms with Gasteiger partial charge in [-0.05, 0) is 37.1 Å². The fourth-order valence-corrected chi connectivity index (χ4v) is 3.36. The number of allylic oxidation sites excluding steroid dienone is 1. The van der Waals surface area contributed by atoms with E-state index in [0.717, 1.165) is 53.0 Å². The van der Waals surface area contributed by atoms with Gasteiger partial charge in [-0.1, -0.05) is 0 Å². The van der Waals surface area contributed by atoms with E-state index in [-0.39, 0.29) is 5.91 Å². The van der Waals surface area contributed by atoms with Crippen LogP contribution in [0.15, 0.2) is 29.8 Å². The fourth-order valence-electron chi connectivity index (χ4n) is 3.36. The summed E-state index contributed by atoms with van der Waals surface area (Å²) < 4.78 is 7.11. The van der Waals surface area contributed by atoms with E-state index >= 15 is 0 Å². The van der Waals surface area contributed by atoms with Crippen molar-refractivity contribution in [1.82, 2.24) is 9.47 Å². The van der Waals surface area contributed by atoms with Gasteiger partial charge in [-0.2, -0.15) is 0 Å². The highest BCUT2D eigenvalue weighted by atomic mass is 16.5. The van der Waals surface area contributed by atoms with Gasteiger partial charge in [0.05, 0.1) is 24.0 Å². The highest BCUT2D eigenvalue weighted by Gasteiger charge is 2.34. The average molecular weight is 268 g/mol. The van der Waals surface area contributed by atoms with Crippen molar-refractivity contribution in [1.29, 1.82) is 0 Å².